The molecule has 5 heteroatoms. The SMILES string of the molecule is CC(C)[C@H](N)C(=O)N(C)CCc1ccccc1C(=O)O. The summed E-state index contributed by atoms with van der Waals surface area (Å²) in [4.78, 5) is 24.7. The fourth-order valence-electron chi connectivity index (χ4n) is 1.88. The lowest BCUT2D eigenvalue weighted by Crippen LogP contribution is -2.45. The van der Waals surface area contributed by atoms with Crippen molar-refractivity contribution in [1.29, 1.82) is 0 Å². The van der Waals surface area contributed by atoms with Gasteiger partial charge in [0.15, 0.2) is 0 Å². The molecule has 5 nitrogen and oxygen atoms in total. The van der Waals surface area contributed by atoms with E-state index in [2.05, 4.69) is 0 Å². The van der Waals surface area contributed by atoms with Gasteiger partial charge >= 0.3 is 5.97 Å². The third-order valence-electron chi connectivity index (χ3n) is 3.34. The van der Waals surface area contributed by atoms with Crippen LogP contribution in [0.15, 0.2) is 24.3 Å². The molecular formula is C15H22N2O3. The monoisotopic (exact) mass is 278 g/mol. The van der Waals surface area contributed by atoms with Gasteiger partial charge in [0.25, 0.3) is 0 Å². The van der Waals surface area contributed by atoms with Crippen molar-refractivity contribution in [1.82, 2.24) is 4.90 Å². The molecule has 0 bridgehead atoms. The van der Waals surface area contributed by atoms with Crippen LogP contribution >= 0.6 is 0 Å². The van der Waals surface area contributed by atoms with Crippen molar-refractivity contribution in [3.8, 4) is 0 Å². The number of likely N-dealkylation sites (N-methyl/N-ethyl adjacent to an activating group) is 1. The fraction of sp³-hybridized carbons (Fsp3) is 0.467. The van der Waals surface area contributed by atoms with Crippen LogP contribution in [0.2, 0.25) is 0 Å². The Morgan fingerprint density at radius 3 is 2.45 bits per heavy atom. The van der Waals surface area contributed by atoms with Gasteiger partial charge in [0, 0.05) is 13.6 Å². The van der Waals surface area contributed by atoms with E-state index < -0.39 is 12.0 Å². The second-order valence-electron chi connectivity index (χ2n) is 5.24. The molecule has 0 aliphatic carbocycles. The second-order valence-corrected chi connectivity index (χ2v) is 5.24. The molecule has 0 radical (unpaired) electrons. The van der Waals surface area contributed by atoms with Crippen molar-refractivity contribution < 1.29 is 14.7 Å². The van der Waals surface area contributed by atoms with Gasteiger partial charge in [0.1, 0.15) is 0 Å². The predicted molar refractivity (Wildman–Crippen MR) is 77.6 cm³/mol. The Bertz CT molecular complexity index is 486. The second kappa shape index (κ2) is 7.05. The number of nitrogens with zero attached hydrogens (tertiary/aromatic N) is 1. The first-order valence-electron chi connectivity index (χ1n) is 6.66. The average Bonchev–Trinajstić information content (AvgIpc) is 2.43. The van der Waals surface area contributed by atoms with Gasteiger partial charge in [-0.1, -0.05) is 32.0 Å². The summed E-state index contributed by atoms with van der Waals surface area (Å²) >= 11 is 0. The van der Waals surface area contributed by atoms with Crippen molar-refractivity contribution in [2.45, 2.75) is 26.3 Å². The van der Waals surface area contributed by atoms with E-state index in [1.165, 1.54) is 0 Å². The van der Waals surface area contributed by atoms with Crippen LogP contribution in [0.3, 0.4) is 0 Å². The van der Waals surface area contributed by atoms with Crippen LogP contribution in [-0.4, -0.2) is 41.5 Å². The molecule has 0 aliphatic heterocycles. The zero-order chi connectivity index (χ0) is 15.3. The average molecular weight is 278 g/mol. The fourth-order valence-corrected chi connectivity index (χ4v) is 1.88. The molecule has 110 valence electrons. The number of benzene rings is 1. The number of rotatable bonds is 6. The smallest absolute Gasteiger partial charge is 0.335 e. The normalized spacial score (nSPS) is 12.2. The summed E-state index contributed by atoms with van der Waals surface area (Å²) in [7, 11) is 1.69. The molecule has 1 aromatic rings. The summed E-state index contributed by atoms with van der Waals surface area (Å²) in [5.41, 5.74) is 6.82. The molecule has 0 saturated carbocycles. The van der Waals surface area contributed by atoms with Crippen LogP contribution in [0, 0.1) is 5.92 Å². The summed E-state index contributed by atoms with van der Waals surface area (Å²) < 4.78 is 0. The number of carboxylic acids is 1. The minimum atomic E-state index is -0.950. The van der Waals surface area contributed by atoms with E-state index in [0.29, 0.717) is 13.0 Å². The molecule has 1 aromatic carbocycles. The Morgan fingerprint density at radius 1 is 1.30 bits per heavy atom. The third-order valence-corrected chi connectivity index (χ3v) is 3.34. The molecule has 0 saturated heterocycles. The van der Waals surface area contributed by atoms with Gasteiger partial charge in [-0.2, -0.15) is 0 Å². The number of aromatic carboxylic acids is 1. The van der Waals surface area contributed by atoms with E-state index in [1.807, 2.05) is 13.8 Å². The molecule has 0 aromatic heterocycles. The molecule has 20 heavy (non-hydrogen) atoms. The van der Waals surface area contributed by atoms with Gasteiger partial charge in [-0.05, 0) is 24.0 Å². The first-order valence-corrected chi connectivity index (χ1v) is 6.66. The first-order chi connectivity index (χ1) is 9.34. The maximum Gasteiger partial charge on any atom is 0.335 e. The van der Waals surface area contributed by atoms with Crippen molar-refractivity contribution >= 4 is 11.9 Å². The topological polar surface area (TPSA) is 83.6 Å². The number of hydrogen-bond donors (Lipinski definition) is 2. The lowest BCUT2D eigenvalue weighted by atomic mass is 10.0. The van der Waals surface area contributed by atoms with E-state index in [1.54, 1.807) is 36.2 Å². The highest BCUT2D eigenvalue weighted by molar-refractivity contribution is 5.89. The summed E-state index contributed by atoms with van der Waals surface area (Å²) in [5, 5.41) is 9.10. The van der Waals surface area contributed by atoms with E-state index in [4.69, 9.17) is 10.8 Å². The molecule has 0 spiro atoms. The number of hydrogen-bond acceptors (Lipinski definition) is 3. The first kappa shape index (κ1) is 16.2. The number of nitrogens with two attached hydrogens (primary N) is 1. The minimum Gasteiger partial charge on any atom is -0.478 e. The number of carboxylic acid groups (broad SMARTS) is 1. The van der Waals surface area contributed by atoms with Crippen molar-refractivity contribution in [2.24, 2.45) is 11.7 Å². The van der Waals surface area contributed by atoms with Crippen molar-refractivity contribution in [3.05, 3.63) is 35.4 Å². The van der Waals surface area contributed by atoms with E-state index in [0.717, 1.165) is 5.56 Å². The van der Waals surface area contributed by atoms with Crippen molar-refractivity contribution in [2.75, 3.05) is 13.6 Å². The van der Waals surface area contributed by atoms with Gasteiger partial charge in [0.05, 0.1) is 11.6 Å². The third kappa shape index (κ3) is 4.06. The standard InChI is InChI=1S/C15H22N2O3/c1-10(2)13(16)14(18)17(3)9-8-11-6-4-5-7-12(11)15(19)20/h4-7,10,13H,8-9,16H2,1-3H3,(H,19,20)/t13-/m0/s1. The molecule has 1 amide bonds. The summed E-state index contributed by atoms with van der Waals surface area (Å²) in [5.74, 6) is -0.988. The highest BCUT2D eigenvalue weighted by Crippen LogP contribution is 2.11. The lowest BCUT2D eigenvalue weighted by molar-refractivity contribution is -0.132. The van der Waals surface area contributed by atoms with Gasteiger partial charge in [-0.3, -0.25) is 4.79 Å². The summed E-state index contributed by atoms with van der Waals surface area (Å²) in [6.07, 6.45) is 0.496. The zero-order valence-corrected chi connectivity index (χ0v) is 12.2. The van der Waals surface area contributed by atoms with Crippen LogP contribution in [0.5, 0.6) is 0 Å². The molecule has 1 atom stereocenters. The van der Waals surface area contributed by atoms with Crippen LogP contribution in [-0.2, 0) is 11.2 Å². The number of carbonyl (C=O) groups is 2. The van der Waals surface area contributed by atoms with Gasteiger partial charge in [-0.25, -0.2) is 4.79 Å². The van der Waals surface area contributed by atoms with E-state index in [-0.39, 0.29) is 17.4 Å². The highest BCUT2D eigenvalue weighted by Gasteiger charge is 2.21. The number of amides is 1. The Balaban J connectivity index is 2.68. The van der Waals surface area contributed by atoms with Gasteiger partial charge in [0.2, 0.25) is 5.91 Å². The minimum absolute atomic E-state index is 0.0799. The Labute approximate surface area is 119 Å². The van der Waals surface area contributed by atoms with Crippen LogP contribution in [0.4, 0.5) is 0 Å². The Kier molecular flexibility index (Phi) is 5.70. The molecule has 1 rings (SSSR count). The Hall–Kier alpha value is -1.88. The molecule has 0 fully saturated rings. The van der Waals surface area contributed by atoms with E-state index in [9.17, 15) is 9.59 Å². The Morgan fingerprint density at radius 2 is 1.90 bits per heavy atom. The predicted octanol–water partition coefficient (Wildman–Crippen LogP) is 1.37. The molecule has 0 aliphatic rings. The quantitative estimate of drug-likeness (QED) is 0.823. The number of carbonyl (C=O) groups excluding carboxylic acids is 1. The maximum absolute atomic E-state index is 12.0. The van der Waals surface area contributed by atoms with Gasteiger partial charge in [-0.15, -0.1) is 0 Å². The zero-order valence-electron chi connectivity index (χ0n) is 12.2. The largest absolute Gasteiger partial charge is 0.478 e. The van der Waals surface area contributed by atoms with Gasteiger partial charge < -0.3 is 15.7 Å². The molecule has 0 unspecified atom stereocenters. The van der Waals surface area contributed by atoms with Crippen molar-refractivity contribution in [3.63, 3.8) is 0 Å². The van der Waals surface area contributed by atoms with E-state index >= 15 is 0 Å². The highest BCUT2D eigenvalue weighted by atomic mass is 16.4. The molecule has 0 heterocycles. The van der Waals surface area contributed by atoms with Crippen LogP contribution < -0.4 is 5.73 Å². The summed E-state index contributed by atoms with van der Waals surface area (Å²) in [6.45, 7) is 4.25. The molecular weight excluding hydrogens is 256 g/mol. The van der Waals surface area contributed by atoms with Crippen LogP contribution in [0.1, 0.15) is 29.8 Å². The molecule has 3 N–H and O–H groups in total. The maximum atomic E-state index is 12.0. The summed E-state index contributed by atoms with van der Waals surface area (Å²) in [6, 6.07) is 6.30. The lowest BCUT2D eigenvalue weighted by Gasteiger charge is -2.23. The van der Waals surface area contributed by atoms with Crippen LogP contribution in [0.25, 0.3) is 0 Å².